The van der Waals surface area contributed by atoms with E-state index in [-0.39, 0.29) is 21.9 Å². The highest BCUT2D eigenvalue weighted by molar-refractivity contribution is 7.90. The largest absolute Gasteiger partial charge is 0.408 e. The Morgan fingerprint density at radius 1 is 1.25 bits per heavy atom. The molecular formula is C21H24F4N4O2S. The lowest BCUT2D eigenvalue weighted by Crippen LogP contribution is -2.39. The van der Waals surface area contributed by atoms with Gasteiger partial charge in [0.05, 0.1) is 10.9 Å². The van der Waals surface area contributed by atoms with Crippen LogP contribution in [0.3, 0.4) is 0 Å². The molecule has 0 saturated heterocycles. The number of sulfonamides is 1. The predicted molar refractivity (Wildman–Crippen MR) is 113 cm³/mol. The quantitative estimate of drug-likeness (QED) is 0.501. The van der Waals surface area contributed by atoms with E-state index >= 15 is 0 Å². The van der Waals surface area contributed by atoms with Crippen LogP contribution < -0.4 is 4.72 Å². The van der Waals surface area contributed by atoms with Crippen LogP contribution in [0.4, 0.5) is 17.6 Å². The van der Waals surface area contributed by atoms with Gasteiger partial charge in [0.2, 0.25) is 10.0 Å². The first kappa shape index (κ1) is 22.8. The molecule has 0 radical (unpaired) electrons. The average molecular weight is 473 g/mol. The molecule has 2 heterocycles. The molecule has 1 aliphatic carbocycles. The minimum Gasteiger partial charge on any atom is -0.347 e. The van der Waals surface area contributed by atoms with Crippen molar-refractivity contribution in [3.63, 3.8) is 0 Å². The maximum Gasteiger partial charge on any atom is 0.408 e. The van der Waals surface area contributed by atoms with Crippen molar-refractivity contribution < 1.29 is 26.0 Å². The van der Waals surface area contributed by atoms with Crippen molar-refractivity contribution in [1.82, 2.24) is 19.5 Å². The molecular weight excluding hydrogens is 448 g/mol. The first-order chi connectivity index (χ1) is 14.8. The van der Waals surface area contributed by atoms with Gasteiger partial charge in [-0.3, -0.25) is 5.10 Å². The Bertz CT molecular complexity index is 1240. The van der Waals surface area contributed by atoms with Crippen LogP contribution in [-0.2, 0) is 16.6 Å². The van der Waals surface area contributed by atoms with Gasteiger partial charge in [-0.05, 0) is 36.5 Å². The van der Waals surface area contributed by atoms with Crippen LogP contribution in [0.15, 0.2) is 30.6 Å². The lowest BCUT2D eigenvalue weighted by atomic mass is 9.97. The van der Waals surface area contributed by atoms with Crippen LogP contribution in [0.2, 0.25) is 0 Å². The van der Waals surface area contributed by atoms with Crippen LogP contribution in [0.1, 0.15) is 45.2 Å². The standard InChI is InChI=1S/C21H24F4N4O2S/c1-20(2,3)11-29-10-15(19(21(23,24)25)28-32(30,31)12-4-5-12)13-8-16(22)14(9-18(13)29)17-6-7-26-27-17/h6-10,12,19,28H,4-5,11H2,1-3H3,(H,26,27)/t19-/m0/s1. The van der Waals surface area contributed by atoms with E-state index in [9.17, 15) is 26.0 Å². The Kier molecular flexibility index (Phi) is 5.40. The van der Waals surface area contributed by atoms with Crippen molar-refractivity contribution in [1.29, 1.82) is 0 Å². The molecule has 0 unspecified atom stereocenters. The van der Waals surface area contributed by atoms with E-state index in [1.807, 2.05) is 25.5 Å². The Hall–Kier alpha value is -2.40. The molecule has 11 heteroatoms. The molecule has 4 rings (SSSR count). The fraction of sp³-hybridized carbons (Fsp3) is 0.476. The van der Waals surface area contributed by atoms with Gasteiger partial charge in [-0.25, -0.2) is 12.8 Å². The van der Waals surface area contributed by atoms with Crippen LogP contribution in [0, 0.1) is 11.2 Å². The minimum absolute atomic E-state index is 0.0100. The van der Waals surface area contributed by atoms with Crippen molar-refractivity contribution in [2.75, 3.05) is 0 Å². The molecule has 1 aliphatic rings. The number of H-pyrrole nitrogens is 1. The molecule has 0 amide bonds. The summed E-state index contributed by atoms with van der Waals surface area (Å²) >= 11 is 0. The number of nitrogens with one attached hydrogen (secondary N) is 2. The van der Waals surface area contributed by atoms with E-state index in [1.165, 1.54) is 18.5 Å². The second-order valence-electron chi connectivity index (χ2n) is 9.43. The molecule has 2 aromatic heterocycles. The Balaban J connectivity index is 1.92. The van der Waals surface area contributed by atoms with Gasteiger partial charge < -0.3 is 4.57 Å². The highest BCUT2D eigenvalue weighted by atomic mass is 32.2. The minimum atomic E-state index is -4.90. The number of hydrogen-bond acceptors (Lipinski definition) is 3. The maximum atomic E-state index is 15.0. The van der Waals surface area contributed by atoms with Gasteiger partial charge in [0.25, 0.3) is 0 Å². The molecule has 1 atom stereocenters. The first-order valence-electron chi connectivity index (χ1n) is 10.2. The third-order valence-corrected chi connectivity index (χ3v) is 7.23. The van der Waals surface area contributed by atoms with Crippen LogP contribution >= 0.6 is 0 Å². The second-order valence-corrected chi connectivity index (χ2v) is 11.4. The molecule has 32 heavy (non-hydrogen) atoms. The van der Waals surface area contributed by atoms with Crippen molar-refractivity contribution in [3.8, 4) is 11.3 Å². The number of rotatable bonds is 6. The Morgan fingerprint density at radius 3 is 2.47 bits per heavy atom. The molecule has 1 fully saturated rings. The summed E-state index contributed by atoms with van der Waals surface area (Å²) in [6.07, 6.45) is -1.52. The molecule has 1 saturated carbocycles. The van der Waals surface area contributed by atoms with E-state index in [0.29, 0.717) is 30.6 Å². The fourth-order valence-electron chi connectivity index (χ4n) is 3.77. The number of halogens is 4. The smallest absolute Gasteiger partial charge is 0.347 e. The number of aromatic nitrogens is 3. The van der Waals surface area contributed by atoms with Gasteiger partial charge in [0.15, 0.2) is 0 Å². The van der Waals surface area contributed by atoms with Gasteiger partial charge in [-0.1, -0.05) is 20.8 Å². The van der Waals surface area contributed by atoms with E-state index in [1.54, 1.807) is 10.6 Å². The molecule has 0 aliphatic heterocycles. The van der Waals surface area contributed by atoms with E-state index < -0.39 is 33.3 Å². The topological polar surface area (TPSA) is 79.8 Å². The lowest BCUT2D eigenvalue weighted by molar-refractivity contribution is -0.152. The third kappa shape index (κ3) is 4.54. The number of alkyl halides is 3. The summed E-state index contributed by atoms with van der Waals surface area (Å²) in [4.78, 5) is 0. The molecule has 0 spiro atoms. The Morgan fingerprint density at radius 2 is 1.94 bits per heavy atom. The monoisotopic (exact) mass is 472 g/mol. The highest BCUT2D eigenvalue weighted by Crippen LogP contribution is 2.41. The molecule has 174 valence electrons. The zero-order chi connectivity index (χ0) is 23.5. The van der Waals surface area contributed by atoms with E-state index in [0.717, 1.165) is 6.07 Å². The summed E-state index contributed by atoms with van der Waals surface area (Å²) in [7, 11) is -4.15. The molecule has 3 aromatic rings. The zero-order valence-corrected chi connectivity index (χ0v) is 18.6. The zero-order valence-electron chi connectivity index (χ0n) is 17.8. The van der Waals surface area contributed by atoms with Crippen molar-refractivity contribution >= 4 is 20.9 Å². The summed E-state index contributed by atoms with van der Waals surface area (Å²) in [6.45, 7) is 6.12. The first-order valence-corrected chi connectivity index (χ1v) is 11.7. The van der Waals surface area contributed by atoms with Gasteiger partial charge in [-0.15, -0.1) is 0 Å². The summed E-state index contributed by atoms with van der Waals surface area (Å²) in [6, 6.07) is 1.58. The van der Waals surface area contributed by atoms with E-state index in [2.05, 4.69) is 10.2 Å². The highest BCUT2D eigenvalue weighted by Gasteiger charge is 2.47. The summed E-state index contributed by atoms with van der Waals surface area (Å²) in [5.74, 6) is -0.734. The summed E-state index contributed by atoms with van der Waals surface area (Å²) in [5, 5.41) is 5.66. The summed E-state index contributed by atoms with van der Waals surface area (Å²) in [5.41, 5.74) is 0.303. The predicted octanol–water partition coefficient (Wildman–Crippen LogP) is 4.90. The number of aromatic amines is 1. The number of fused-ring (bicyclic) bond motifs is 1. The van der Waals surface area contributed by atoms with Crippen molar-refractivity contribution in [2.45, 2.75) is 57.6 Å². The molecule has 6 nitrogen and oxygen atoms in total. The van der Waals surface area contributed by atoms with Crippen LogP contribution in [0.5, 0.6) is 0 Å². The van der Waals surface area contributed by atoms with Gasteiger partial charge in [0.1, 0.15) is 11.9 Å². The SMILES string of the molecule is CC(C)(C)Cn1cc([C@H](NS(=O)(=O)C2CC2)C(F)(F)F)c2cc(F)c(-c3ccn[nH]3)cc21. The fourth-order valence-corrected chi connectivity index (χ4v) is 5.31. The van der Waals surface area contributed by atoms with Crippen molar-refractivity contribution in [3.05, 3.63) is 42.0 Å². The van der Waals surface area contributed by atoms with Gasteiger partial charge >= 0.3 is 6.18 Å². The van der Waals surface area contributed by atoms with Gasteiger partial charge in [-0.2, -0.15) is 23.0 Å². The summed E-state index contributed by atoms with van der Waals surface area (Å²) < 4.78 is 85.3. The van der Waals surface area contributed by atoms with E-state index in [4.69, 9.17) is 0 Å². The number of nitrogens with zero attached hydrogens (tertiary/aromatic N) is 2. The Labute approximate surface area is 183 Å². The van der Waals surface area contributed by atoms with Crippen LogP contribution in [-0.4, -0.2) is 34.6 Å². The third-order valence-electron chi connectivity index (χ3n) is 5.32. The van der Waals surface area contributed by atoms with Crippen molar-refractivity contribution in [2.24, 2.45) is 5.41 Å². The normalized spacial score (nSPS) is 16.6. The average Bonchev–Trinajstić information content (AvgIpc) is 3.29. The van der Waals surface area contributed by atoms with Crippen LogP contribution in [0.25, 0.3) is 22.2 Å². The molecule has 2 N–H and O–H groups in total. The lowest BCUT2D eigenvalue weighted by Gasteiger charge is -2.22. The van der Waals surface area contributed by atoms with Gasteiger partial charge in [0, 0.05) is 41.0 Å². The molecule has 1 aromatic carbocycles. The number of benzene rings is 1. The number of hydrogen-bond donors (Lipinski definition) is 2. The maximum absolute atomic E-state index is 15.0. The molecule has 0 bridgehead atoms. The second kappa shape index (κ2) is 7.58.